The van der Waals surface area contributed by atoms with E-state index in [1.807, 2.05) is 49.5 Å². The molecular weight excluding hydrogens is 224 g/mol. The van der Waals surface area contributed by atoms with Gasteiger partial charge in [0.15, 0.2) is 5.58 Å². The van der Waals surface area contributed by atoms with Crippen LogP contribution in [0.4, 0.5) is 5.69 Å². The van der Waals surface area contributed by atoms with E-state index in [2.05, 4.69) is 17.2 Å². The smallest absolute Gasteiger partial charge is 0.229 e. The van der Waals surface area contributed by atoms with E-state index in [1.165, 1.54) is 5.56 Å². The van der Waals surface area contributed by atoms with E-state index in [0.29, 0.717) is 5.89 Å². The highest BCUT2D eigenvalue weighted by atomic mass is 16.3. The lowest BCUT2D eigenvalue weighted by Gasteiger charge is -2.04. The van der Waals surface area contributed by atoms with Crippen molar-refractivity contribution in [1.82, 2.24) is 4.98 Å². The minimum absolute atomic E-state index is 0.653. The quantitative estimate of drug-likeness (QED) is 0.737. The van der Waals surface area contributed by atoms with Gasteiger partial charge in [0.05, 0.1) is 5.56 Å². The molecule has 1 N–H and O–H groups in total. The minimum atomic E-state index is 0.653. The van der Waals surface area contributed by atoms with E-state index in [0.717, 1.165) is 22.4 Å². The molecule has 1 heterocycles. The fourth-order valence-electron chi connectivity index (χ4n) is 2.04. The second-order valence-electron chi connectivity index (χ2n) is 4.29. The number of oxazole rings is 1. The molecule has 0 spiro atoms. The highest BCUT2D eigenvalue weighted by Gasteiger charge is 2.11. The van der Waals surface area contributed by atoms with Crippen molar-refractivity contribution in [1.29, 1.82) is 0 Å². The zero-order valence-corrected chi connectivity index (χ0v) is 10.4. The lowest BCUT2D eigenvalue weighted by molar-refractivity contribution is 0.620. The van der Waals surface area contributed by atoms with Crippen LogP contribution in [-0.2, 0) is 0 Å². The van der Waals surface area contributed by atoms with Gasteiger partial charge in [-0.15, -0.1) is 0 Å². The van der Waals surface area contributed by atoms with Crippen molar-refractivity contribution in [2.45, 2.75) is 6.92 Å². The Bertz CT molecular complexity index is 701. The first kappa shape index (κ1) is 10.8. The number of hydrogen-bond acceptors (Lipinski definition) is 3. The maximum Gasteiger partial charge on any atom is 0.229 e. The minimum Gasteiger partial charge on any atom is -0.436 e. The van der Waals surface area contributed by atoms with Gasteiger partial charge in [0, 0.05) is 12.7 Å². The Kier molecular flexibility index (Phi) is 2.52. The first-order valence-corrected chi connectivity index (χ1v) is 5.92. The zero-order chi connectivity index (χ0) is 12.5. The van der Waals surface area contributed by atoms with Gasteiger partial charge in [0.25, 0.3) is 0 Å². The molecule has 0 aliphatic heterocycles. The largest absolute Gasteiger partial charge is 0.436 e. The molecule has 0 fully saturated rings. The second kappa shape index (κ2) is 4.18. The van der Waals surface area contributed by atoms with Crippen LogP contribution in [0.5, 0.6) is 0 Å². The monoisotopic (exact) mass is 238 g/mol. The van der Waals surface area contributed by atoms with Crippen molar-refractivity contribution >= 4 is 16.8 Å². The van der Waals surface area contributed by atoms with E-state index in [1.54, 1.807) is 0 Å². The van der Waals surface area contributed by atoms with Gasteiger partial charge in [-0.3, -0.25) is 0 Å². The Hall–Kier alpha value is -2.29. The van der Waals surface area contributed by atoms with Crippen LogP contribution in [0.1, 0.15) is 5.56 Å². The number of aromatic nitrogens is 1. The SMILES string of the molecule is CNc1ccccc1-c1nc2cc(C)ccc2o1. The number of fused-ring (bicyclic) bond motifs is 1. The van der Waals surface area contributed by atoms with Crippen LogP contribution in [0.3, 0.4) is 0 Å². The van der Waals surface area contributed by atoms with Crippen LogP contribution >= 0.6 is 0 Å². The van der Waals surface area contributed by atoms with Gasteiger partial charge in [-0.25, -0.2) is 4.98 Å². The number of rotatable bonds is 2. The molecule has 0 unspecified atom stereocenters. The molecule has 0 bridgehead atoms. The van der Waals surface area contributed by atoms with Crippen molar-refractivity contribution in [2.75, 3.05) is 12.4 Å². The summed E-state index contributed by atoms with van der Waals surface area (Å²) in [6, 6.07) is 14.0. The normalized spacial score (nSPS) is 10.8. The number of anilines is 1. The molecular formula is C15H14N2O. The zero-order valence-electron chi connectivity index (χ0n) is 10.4. The van der Waals surface area contributed by atoms with Crippen molar-refractivity contribution in [3.05, 3.63) is 48.0 Å². The molecule has 0 aliphatic carbocycles. The molecule has 3 aromatic rings. The topological polar surface area (TPSA) is 38.1 Å². The van der Waals surface area contributed by atoms with Crippen LogP contribution in [-0.4, -0.2) is 12.0 Å². The summed E-state index contributed by atoms with van der Waals surface area (Å²) in [7, 11) is 1.89. The first-order chi connectivity index (χ1) is 8.78. The Morgan fingerprint density at radius 1 is 1.11 bits per heavy atom. The molecule has 0 amide bonds. The summed E-state index contributed by atoms with van der Waals surface area (Å²) in [5.74, 6) is 0.653. The number of nitrogens with one attached hydrogen (secondary N) is 1. The fourth-order valence-corrected chi connectivity index (χ4v) is 2.04. The van der Waals surface area contributed by atoms with Gasteiger partial charge in [-0.2, -0.15) is 0 Å². The van der Waals surface area contributed by atoms with E-state index in [4.69, 9.17) is 4.42 Å². The maximum absolute atomic E-state index is 5.80. The van der Waals surface area contributed by atoms with Gasteiger partial charge >= 0.3 is 0 Å². The molecule has 0 radical (unpaired) electrons. The van der Waals surface area contributed by atoms with Crippen molar-refractivity contribution in [3.8, 4) is 11.5 Å². The number of para-hydroxylation sites is 1. The highest BCUT2D eigenvalue weighted by Crippen LogP contribution is 2.29. The Balaban J connectivity index is 2.19. The van der Waals surface area contributed by atoms with Crippen LogP contribution in [0.25, 0.3) is 22.6 Å². The summed E-state index contributed by atoms with van der Waals surface area (Å²) >= 11 is 0. The molecule has 0 atom stereocenters. The summed E-state index contributed by atoms with van der Waals surface area (Å²) < 4.78 is 5.80. The molecule has 0 saturated heterocycles. The Morgan fingerprint density at radius 3 is 2.78 bits per heavy atom. The molecule has 3 rings (SSSR count). The van der Waals surface area contributed by atoms with Gasteiger partial charge in [0.1, 0.15) is 5.52 Å². The van der Waals surface area contributed by atoms with E-state index >= 15 is 0 Å². The second-order valence-corrected chi connectivity index (χ2v) is 4.29. The molecule has 0 aliphatic rings. The molecule has 90 valence electrons. The number of aryl methyl sites for hydroxylation is 1. The summed E-state index contributed by atoms with van der Waals surface area (Å²) in [4.78, 5) is 4.55. The first-order valence-electron chi connectivity index (χ1n) is 5.92. The van der Waals surface area contributed by atoms with Crippen LogP contribution in [0, 0.1) is 6.92 Å². The van der Waals surface area contributed by atoms with E-state index < -0.39 is 0 Å². The molecule has 2 aromatic carbocycles. The van der Waals surface area contributed by atoms with Gasteiger partial charge in [0.2, 0.25) is 5.89 Å². The van der Waals surface area contributed by atoms with E-state index in [9.17, 15) is 0 Å². The van der Waals surface area contributed by atoms with Gasteiger partial charge in [-0.1, -0.05) is 18.2 Å². The van der Waals surface area contributed by atoms with Gasteiger partial charge < -0.3 is 9.73 Å². The third kappa shape index (κ3) is 1.74. The van der Waals surface area contributed by atoms with E-state index in [-0.39, 0.29) is 0 Å². The summed E-state index contributed by atoms with van der Waals surface area (Å²) in [5, 5.41) is 3.15. The highest BCUT2D eigenvalue weighted by molar-refractivity contribution is 5.80. The van der Waals surface area contributed by atoms with Gasteiger partial charge in [-0.05, 0) is 36.8 Å². The third-order valence-electron chi connectivity index (χ3n) is 2.97. The van der Waals surface area contributed by atoms with Crippen LogP contribution in [0.15, 0.2) is 46.9 Å². The number of nitrogens with zero attached hydrogens (tertiary/aromatic N) is 1. The lowest BCUT2D eigenvalue weighted by atomic mass is 10.2. The predicted octanol–water partition coefficient (Wildman–Crippen LogP) is 3.84. The summed E-state index contributed by atoms with van der Waals surface area (Å²) in [5.41, 5.74) is 4.90. The Morgan fingerprint density at radius 2 is 1.94 bits per heavy atom. The number of hydrogen-bond donors (Lipinski definition) is 1. The van der Waals surface area contributed by atoms with Crippen molar-refractivity contribution in [2.24, 2.45) is 0 Å². The average molecular weight is 238 g/mol. The average Bonchev–Trinajstić information content (AvgIpc) is 2.81. The molecule has 1 aromatic heterocycles. The van der Waals surface area contributed by atoms with Crippen LogP contribution < -0.4 is 5.32 Å². The third-order valence-corrected chi connectivity index (χ3v) is 2.97. The lowest BCUT2D eigenvalue weighted by Crippen LogP contribution is -1.91. The number of benzene rings is 2. The molecule has 0 saturated carbocycles. The molecule has 3 heteroatoms. The summed E-state index contributed by atoms with van der Waals surface area (Å²) in [6.45, 7) is 2.05. The van der Waals surface area contributed by atoms with Crippen LogP contribution in [0.2, 0.25) is 0 Å². The standard InChI is InChI=1S/C15H14N2O/c1-10-7-8-14-13(9-10)17-15(18-14)11-5-3-4-6-12(11)16-2/h3-9,16H,1-2H3. The van der Waals surface area contributed by atoms with Crippen molar-refractivity contribution in [3.63, 3.8) is 0 Å². The maximum atomic E-state index is 5.80. The molecule has 3 nitrogen and oxygen atoms in total. The fraction of sp³-hybridized carbons (Fsp3) is 0.133. The summed E-state index contributed by atoms with van der Waals surface area (Å²) in [6.07, 6.45) is 0. The predicted molar refractivity (Wildman–Crippen MR) is 73.7 cm³/mol. The Labute approximate surface area is 105 Å². The van der Waals surface area contributed by atoms with Crippen molar-refractivity contribution < 1.29 is 4.42 Å². The molecule has 18 heavy (non-hydrogen) atoms.